The number of hydrogen-bond acceptors (Lipinski definition) is 5. The Balaban J connectivity index is 1.51. The highest BCUT2D eigenvalue weighted by Gasteiger charge is 2.43. The van der Waals surface area contributed by atoms with Crippen LogP contribution in [0.25, 0.3) is 0 Å². The molecule has 1 unspecified atom stereocenters. The summed E-state index contributed by atoms with van der Waals surface area (Å²) in [5.41, 5.74) is 1.28. The van der Waals surface area contributed by atoms with Gasteiger partial charge in [-0.2, -0.15) is 4.98 Å². The van der Waals surface area contributed by atoms with Crippen LogP contribution in [-0.2, 0) is 15.1 Å². The summed E-state index contributed by atoms with van der Waals surface area (Å²) in [4.78, 5) is 31.9. The molecule has 1 aliphatic carbocycles. The number of aryl methyl sites for hydroxylation is 2. The van der Waals surface area contributed by atoms with Gasteiger partial charge in [0, 0.05) is 30.0 Å². The van der Waals surface area contributed by atoms with Crippen LogP contribution in [0.15, 0.2) is 27.2 Å². The maximum Gasteiger partial charge on any atom is 0.227 e. The van der Waals surface area contributed by atoms with Gasteiger partial charge in [-0.1, -0.05) is 40.3 Å². The number of anilines is 1. The molecule has 1 aliphatic heterocycles. The van der Waals surface area contributed by atoms with E-state index < -0.39 is 11.5 Å². The van der Waals surface area contributed by atoms with Crippen molar-refractivity contribution < 1.29 is 14.1 Å². The number of carbonyl (C=O) groups excluding carboxylic acids is 2. The predicted octanol–water partition coefficient (Wildman–Crippen LogP) is 3.78. The summed E-state index contributed by atoms with van der Waals surface area (Å²) < 4.78 is 6.18. The molecule has 1 saturated carbocycles. The maximum absolute atomic E-state index is 13.2. The van der Waals surface area contributed by atoms with Crippen molar-refractivity contribution in [2.45, 2.75) is 57.9 Å². The lowest BCUT2D eigenvalue weighted by Gasteiger charge is -2.36. The number of benzene rings is 1. The number of nitrogens with zero attached hydrogens (tertiary/aromatic N) is 3. The van der Waals surface area contributed by atoms with E-state index in [0.717, 1.165) is 47.8 Å². The summed E-state index contributed by atoms with van der Waals surface area (Å²) in [6, 6.07) is 5.80. The molecular formula is C21H25BrN4O3. The first-order valence-corrected chi connectivity index (χ1v) is 10.9. The highest BCUT2D eigenvalue weighted by molar-refractivity contribution is 9.10. The van der Waals surface area contributed by atoms with Crippen molar-refractivity contribution in [1.82, 2.24) is 15.5 Å². The highest BCUT2D eigenvalue weighted by atomic mass is 79.9. The van der Waals surface area contributed by atoms with Crippen LogP contribution >= 0.6 is 15.9 Å². The molecule has 1 aromatic carbocycles. The van der Waals surface area contributed by atoms with Gasteiger partial charge in [-0.3, -0.25) is 9.59 Å². The molecule has 0 radical (unpaired) electrons. The Bertz CT molecular complexity index is 936. The lowest BCUT2D eigenvalue weighted by Crippen LogP contribution is -2.50. The van der Waals surface area contributed by atoms with E-state index in [2.05, 4.69) is 31.4 Å². The number of hydrogen-bond donors (Lipinski definition) is 1. The molecule has 2 amide bonds. The Morgan fingerprint density at radius 1 is 1.28 bits per heavy atom. The van der Waals surface area contributed by atoms with Crippen LogP contribution in [0.4, 0.5) is 5.69 Å². The van der Waals surface area contributed by atoms with Gasteiger partial charge in [-0.05, 0) is 43.5 Å². The van der Waals surface area contributed by atoms with Gasteiger partial charge in [0.2, 0.25) is 17.7 Å². The van der Waals surface area contributed by atoms with Gasteiger partial charge in [0.25, 0.3) is 0 Å². The molecule has 7 nitrogen and oxygen atoms in total. The minimum Gasteiger partial charge on any atom is -0.343 e. The largest absolute Gasteiger partial charge is 0.343 e. The second-order valence-electron chi connectivity index (χ2n) is 8.11. The van der Waals surface area contributed by atoms with Crippen LogP contribution in [0.5, 0.6) is 0 Å². The SMILES string of the molecule is Cc1nc(C2(NC(=O)C3CC(=O)N(c4ccc(Br)c(C)c4)C3)CCCCC2)no1. The summed E-state index contributed by atoms with van der Waals surface area (Å²) in [6.07, 6.45) is 4.92. The third-order valence-corrected chi connectivity index (χ3v) is 6.86. The van der Waals surface area contributed by atoms with E-state index in [1.165, 1.54) is 0 Å². The Hall–Kier alpha value is -2.22. The van der Waals surface area contributed by atoms with Crippen LogP contribution in [0.3, 0.4) is 0 Å². The molecule has 0 bridgehead atoms. The van der Waals surface area contributed by atoms with E-state index >= 15 is 0 Å². The number of halogens is 1. The topological polar surface area (TPSA) is 88.3 Å². The molecule has 1 N–H and O–H groups in total. The van der Waals surface area contributed by atoms with Crippen LogP contribution in [0, 0.1) is 19.8 Å². The van der Waals surface area contributed by atoms with E-state index in [4.69, 9.17) is 4.52 Å². The first-order valence-electron chi connectivity index (χ1n) is 10.1. The Labute approximate surface area is 178 Å². The third-order valence-electron chi connectivity index (χ3n) is 5.97. The second kappa shape index (κ2) is 7.89. The highest BCUT2D eigenvalue weighted by Crippen LogP contribution is 2.37. The molecule has 8 heteroatoms. The average molecular weight is 461 g/mol. The Morgan fingerprint density at radius 2 is 2.03 bits per heavy atom. The number of nitrogens with one attached hydrogen (secondary N) is 1. The Kier molecular flexibility index (Phi) is 5.46. The van der Waals surface area contributed by atoms with Crippen LogP contribution in [0.2, 0.25) is 0 Å². The zero-order valence-corrected chi connectivity index (χ0v) is 18.3. The molecule has 2 fully saturated rings. The first-order chi connectivity index (χ1) is 13.9. The molecule has 2 aromatic rings. The van der Waals surface area contributed by atoms with E-state index in [1.54, 1.807) is 11.8 Å². The standard InChI is InChI=1S/C21H25BrN4O3/c1-13-10-16(6-7-17(13)22)26-12-15(11-18(26)27)19(28)24-21(8-4-3-5-9-21)20-23-14(2)29-25-20/h6-7,10,15H,3-5,8-9,11-12H2,1-2H3,(H,24,28). The normalized spacial score (nSPS) is 21.4. The monoisotopic (exact) mass is 460 g/mol. The fourth-order valence-corrected chi connectivity index (χ4v) is 4.57. The lowest BCUT2D eigenvalue weighted by atomic mass is 9.80. The summed E-state index contributed by atoms with van der Waals surface area (Å²) in [5, 5.41) is 7.31. The van der Waals surface area contributed by atoms with Gasteiger partial charge < -0.3 is 14.7 Å². The van der Waals surface area contributed by atoms with Crippen molar-refractivity contribution in [2.75, 3.05) is 11.4 Å². The van der Waals surface area contributed by atoms with Crippen LogP contribution in [-0.4, -0.2) is 28.5 Å². The molecule has 4 rings (SSSR count). The van der Waals surface area contributed by atoms with E-state index in [1.807, 2.05) is 25.1 Å². The molecule has 1 saturated heterocycles. The molecule has 1 aromatic heterocycles. The molecule has 0 spiro atoms. The van der Waals surface area contributed by atoms with Crippen LogP contribution in [0.1, 0.15) is 55.8 Å². The van der Waals surface area contributed by atoms with Gasteiger partial charge in [-0.25, -0.2) is 0 Å². The fourth-order valence-electron chi connectivity index (χ4n) is 4.32. The van der Waals surface area contributed by atoms with E-state index in [9.17, 15) is 9.59 Å². The zero-order chi connectivity index (χ0) is 20.6. The third kappa shape index (κ3) is 3.95. The molecule has 2 heterocycles. The lowest BCUT2D eigenvalue weighted by molar-refractivity contribution is -0.128. The van der Waals surface area contributed by atoms with Gasteiger partial charge in [0.15, 0.2) is 5.82 Å². The Morgan fingerprint density at radius 3 is 2.69 bits per heavy atom. The summed E-state index contributed by atoms with van der Waals surface area (Å²) in [7, 11) is 0. The molecule has 2 aliphatic rings. The minimum atomic E-state index is -0.599. The van der Waals surface area contributed by atoms with Crippen molar-refractivity contribution >= 4 is 33.4 Å². The average Bonchev–Trinajstić information content (AvgIpc) is 3.31. The number of carbonyl (C=O) groups is 2. The van der Waals surface area contributed by atoms with Crippen molar-refractivity contribution in [2.24, 2.45) is 5.92 Å². The summed E-state index contributed by atoms with van der Waals surface area (Å²) in [6.45, 7) is 4.12. The second-order valence-corrected chi connectivity index (χ2v) is 8.96. The summed E-state index contributed by atoms with van der Waals surface area (Å²) in [5.74, 6) is 0.511. The van der Waals surface area contributed by atoms with Crippen LogP contribution < -0.4 is 10.2 Å². The predicted molar refractivity (Wildman–Crippen MR) is 111 cm³/mol. The summed E-state index contributed by atoms with van der Waals surface area (Å²) >= 11 is 3.49. The smallest absolute Gasteiger partial charge is 0.227 e. The minimum absolute atomic E-state index is 0.0278. The quantitative estimate of drug-likeness (QED) is 0.749. The molecule has 1 atom stereocenters. The fraction of sp³-hybridized carbons (Fsp3) is 0.524. The van der Waals surface area contributed by atoms with Crippen molar-refractivity contribution in [3.63, 3.8) is 0 Å². The number of aromatic nitrogens is 2. The van der Waals surface area contributed by atoms with Crippen molar-refractivity contribution in [1.29, 1.82) is 0 Å². The molecule has 154 valence electrons. The van der Waals surface area contributed by atoms with E-state index in [0.29, 0.717) is 18.3 Å². The van der Waals surface area contributed by atoms with Gasteiger partial charge in [0.05, 0.1) is 5.92 Å². The van der Waals surface area contributed by atoms with Gasteiger partial charge in [-0.15, -0.1) is 0 Å². The molecular weight excluding hydrogens is 436 g/mol. The number of rotatable bonds is 4. The van der Waals surface area contributed by atoms with Crippen molar-refractivity contribution in [3.8, 4) is 0 Å². The maximum atomic E-state index is 13.2. The zero-order valence-electron chi connectivity index (χ0n) is 16.7. The number of amides is 2. The van der Waals surface area contributed by atoms with Gasteiger partial charge in [0.1, 0.15) is 5.54 Å². The van der Waals surface area contributed by atoms with Gasteiger partial charge >= 0.3 is 0 Å². The first kappa shape index (κ1) is 20.1. The molecule has 29 heavy (non-hydrogen) atoms. The van der Waals surface area contributed by atoms with Crippen molar-refractivity contribution in [3.05, 3.63) is 40.0 Å². The van der Waals surface area contributed by atoms with E-state index in [-0.39, 0.29) is 18.2 Å².